The highest BCUT2D eigenvalue weighted by Gasteiger charge is 2.33. The fourth-order valence-corrected chi connectivity index (χ4v) is 13.2. The van der Waals surface area contributed by atoms with E-state index in [4.69, 9.17) is 8.83 Å². The van der Waals surface area contributed by atoms with Crippen molar-refractivity contribution in [3.05, 3.63) is 297 Å². The van der Waals surface area contributed by atoms with Gasteiger partial charge in [0.2, 0.25) is 0 Å². The molecule has 0 saturated heterocycles. The van der Waals surface area contributed by atoms with Gasteiger partial charge in [-0.1, -0.05) is 224 Å². The van der Waals surface area contributed by atoms with Crippen molar-refractivity contribution in [2.45, 2.75) is 0 Å². The zero-order valence-electron chi connectivity index (χ0n) is 44.9. The molecule has 0 aliphatic heterocycles. The molecule has 17 aromatic rings. The summed E-state index contributed by atoms with van der Waals surface area (Å²) >= 11 is 0. The summed E-state index contributed by atoms with van der Waals surface area (Å²) in [5.74, 6) is 0. The highest BCUT2D eigenvalue weighted by Crippen LogP contribution is 2.56. The van der Waals surface area contributed by atoms with Crippen LogP contribution in [0, 0.1) is 0 Å². The zero-order chi connectivity index (χ0) is 54.5. The number of benzene rings is 13. The highest BCUT2D eigenvalue weighted by atomic mass is 16.3. The van der Waals surface area contributed by atoms with E-state index in [1.165, 1.54) is 0 Å². The topological polar surface area (TPSA) is 37.2 Å². The summed E-state index contributed by atoms with van der Waals surface area (Å²) in [6.45, 7) is 0. The molecule has 0 aliphatic carbocycles. The third-order valence-electron chi connectivity index (χ3n) is 16.9. The first-order chi connectivity index (χ1) is 41.2. The van der Waals surface area contributed by atoms with Crippen molar-refractivity contribution < 1.29 is 8.83 Å². The number of anilines is 6. The van der Waals surface area contributed by atoms with Crippen molar-refractivity contribution in [1.82, 2.24) is 4.40 Å². The van der Waals surface area contributed by atoms with Crippen LogP contribution in [-0.2, 0) is 0 Å². The molecule has 5 heteroatoms. The van der Waals surface area contributed by atoms with E-state index < -0.39 is 0 Å². The van der Waals surface area contributed by atoms with E-state index in [2.05, 4.69) is 311 Å². The van der Waals surface area contributed by atoms with Gasteiger partial charge in [-0.25, -0.2) is 0 Å². The molecule has 5 nitrogen and oxygen atoms in total. The van der Waals surface area contributed by atoms with Gasteiger partial charge in [-0.3, -0.25) is 0 Å². The van der Waals surface area contributed by atoms with Gasteiger partial charge in [0.15, 0.2) is 11.2 Å². The van der Waals surface area contributed by atoms with Crippen LogP contribution in [0.25, 0.3) is 126 Å². The largest absolute Gasteiger partial charge is 0.454 e. The molecule has 13 aromatic carbocycles. The molecule has 4 heterocycles. The summed E-state index contributed by atoms with van der Waals surface area (Å²) in [7, 11) is 0. The number of furan rings is 2. The van der Waals surface area contributed by atoms with E-state index in [9.17, 15) is 0 Å². The first-order valence-corrected chi connectivity index (χ1v) is 28.3. The second-order valence-corrected chi connectivity index (χ2v) is 21.5. The van der Waals surface area contributed by atoms with Gasteiger partial charge >= 0.3 is 0 Å². The number of hydrogen-bond donors (Lipinski definition) is 0. The van der Waals surface area contributed by atoms with Gasteiger partial charge in [0.05, 0.1) is 28.3 Å². The van der Waals surface area contributed by atoms with Crippen molar-refractivity contribution in [3.63, 3.8) is 0 Å². The number of hydrogen-bond acceptors (Lipinski definition) is 4. The summed E-state index contributed by atoms with van der Waals surface area (Å²) in [5.41, 5.74) is 21.7. The van der Waals surface area contributed by atoms with Gasteiger partial charge in [-0.2, -0.15) is 0 Å². The minimum absolute atomic E-state index is 0.813. The van der Waals surface area contributed by atoms with Crippen LogP contribution in [0.3, 0.4) is 0 Å². The molecule has 0 atom stereocenters. The number of nitrogens with zero attached hydrogens (tertiary/aromatic N) is 3. The molecule has 4 aromatic heterocycles. The predicted molar refractivity (Wildman–Crippen MR) is 347 cm³/mol. The van der Waals surface area contributed by atoms with E-state index >= 15 is 0 Å². The molecule has 0 fully saturated rings. The Labute approximate surface area is 478 Å². The van der Waals surface area contributed by atoms with Crippen molar-refractivity contribution in [1.29, 1.82) is 0 Å². The van der Waals surface area contributed by atoms with Crippen LogP contribution in [-0.4, -0.2) is 4.40 Å². The minimum atomic E-state index is 0.813. The fourth-order valence-electron chi connectivity index (χ4n) is 13.2. The Morgan fingerprint density at radius 2 is 0.590 bits per heavy atom. The van der Waals surface area contributed by atoms with Gasteiger partial charge < -0.3 is 23.0 Å². The lowest BCUT2D eigenvalue weighted by Crippen LogP contribution is -2.12. The monoisotopic (exact) mass is 1060 g/mol. The summed E-state index contributed by atoms with van der Waals surface area (Å²) in [6.07, 6.45) is 0. The Hall–Kier alpha value is -11.1. The third kappa shape index (κ3) is 7.28. The maximum absolute atomic E-state index is 7.30. The van der Waals surface area contributed by atoms with Gasteiger partial charge in [-0.05, 0) is 106 Å². The van der Waals surface area contributed by atoms with Gasteiger partial charge in [-0.15, -0.1) is 0 Å². The maximum Gasteiger partial charge on any atom is 0.160 e. The molecule has 0 radical (unpaired) electrons. The van der Waals surface area contributed by atoms with Gasteiger partial charge in [0, 0.05) is 65.6 Å². The molecule has 0 amide bonds. The SMILES string of the molecule is c1ccc(-c2ccc(N(c3ccccc3)c3cc4c5ccccc5oc4c4c3c3cccc5c6c(N(c7ccccc7)c7ccc(-c8ccccc8)cc7-c7ccccc7)cc7c8ccccc8oc7c6n4c35)c(-c3ccccc3)c2)cc1. The first-order valence-electron chi connectivity index (χ1n) is 28.3. The van der Waals surface area contributed by atoms with E-state index in [0.29, 0.717) is 0 Å². The molecule has 0 aliphatic rings. The lowest BCUT2D eigenvalue weighted by molar-refractivity contribution is 0.670. The van der Waals surface area contributed by atoms with Gasteiger partial charge in [0.1, 0.15) is 22.2 Å². The minimum Gasteiger partial charge on any atom is -0.454 e. The normalized spacial score (nSPS) is 11.9. The number of para-hydroxylation sites is 5. The van der Waals surface area contributed by atoms with Crippen molar-refractivity contribution in [3.8, 4) is 44.5 Å². The maximum atomic E-state index is 7.30. The quantitative estimate of drug-likeness (QED) is 0.137. The second-order valence-electron chi connectivity index (χ2n) is 21.5. The summed E-state index contributed by atoms with van der Waals surface area (Å²) in [4.78, 5) is 4.96. The van der Waals surface area contributed by atoms with Crippen LogP contribution in [0.2, 0.25) is 0 Å². The molecule has 388 valence electrons. The van der Waals surface area contributed by atoms with Crippen LogP contribution in [0.5, 0.6) is 0 Å². The van der Waals surface area contributed by atoms with Crippen LogP contribution in [0.1, 0.15) is 0 Å². The molecule has 0 unspecified atom stereocenters. The number of aromatic nitrogens is 1. The Morgan fingerprint density at radius 1 is 0.241 bits per heavy atom. The highest BCUT2D eigenvalue weighted by molar-refractivity contribution is 6.36. The van der Waals surface area contributed by atoms with E-state index in [1.807, 2.05) is 0 Å². The van der Waals surface area contributed by atoms with Crippen LogP contribution >= 0.6 is 0 Å². The molecule has 0 N–H and O–H groups in total. The van der Waals surface area contributed by atoms with Crippen molar-refractivity contribution >= 4 is 116 Å². The van der Waals surface area contributed by atoms with Crippen LogP contribution < -0.4 is 9.80 Å². The Morgan fingerprint density at radius 3 is 1.00 bits per heavy atom. The van der Waals surface area contributed by atoms with Crippen molar-refractivity contribution in [2.75, 3.05) is 9.80 Å². The lowest BCUT2D eigenvalue weighted by Gasteiger charge is -2.30. The van der Waals surface area contributed by atoms with E-state index in [1.54, 1.807) is 0 Å². The van der Waals surface area contributed by atoms with Gasteiger partial charge in [0.25, 0.3) is 0 Å². The zero-order valence-corrected chi connectivity index (χ0v) is 44.9. The Balaban J connectivity index is 1.04. The smallest absolute Gasteiger partial charge is 0.160 e. The summed E-state index contributed by atoms with van der Waals surface area (Å²) < 4.78 is 17.1. The first kappa shape index (κ1) is 46.7. The fraction of sp³-hybridized carbons (Fsp3) is 0. The number of rotatable bonds is 10. The standard InChI is InChI=1S/C78H49N3O2/c1-7-24-50(25-8-1)54-42-44-66(62(46-54)52-28-11-3-12-29-52)79(56-32-15-5-16-33-56)68-48-64-58-36-19-21-40-70(58)82-77(64)75-72(68)60-38-23-39-61-73-69(49-65-59-37-20-22-41-71(59)83-78(65)76(73)81(75)74(60)61)80(57-34-17-6-18-35-57)67-45-43-55(51-26-9-2-10-27-51)47-63(67)53-30-13-4-14-31-53/h1-49H. The molecular weight excluding hydrogens is 1010 g/mol. The predicted octanol–water partition coefficient (Wildman–Crippen LogP) is 22.2. The van der Waals surface area contributed by atoms with E-state index in [-0.39, 0.29) is 0 Å². The molecule has 17 rings (SSSR count). The summed E-state index contributed by atoms with van der Waals surface area (Å²) in [5, 5.41) is 8.49. The average Bonchev–Trinajstić information content (AvgIpc) is 2.13. The van der Waals surface area contributed by atoms with E-state index in [0.717, 1.165) is 161 Å². The second kappa shape index (κ2) is 18.7. The molecular formula is C78H49N3O2. The Bertz CT molecular complexity index is 4980. The van der Waals surface area contributed by atoms with Crippen LogP contribution in [0.4, 0.5) is 34.1 Å². The van der Waals surface area contributed by atoms with Crippen LogP contribution in [0.15, 0.2) is 306 Å². The average molecular weight is 1060 g/mol. The molecule has 0 bridgehead atoms. The Kier molecular flexibility index (Phi) is 10.6. The molecule has 83 heavy (non-hydrogen) atoms. The number of fused-ring (bicyclic) bond motifs is 14. The van der Waals surface area contributed by atoms with Crippen molar-refractivity contribution in [2.24, 2.45) is 0 Å². The summed E-state index contributed by atoms with van der Waals surface area (Å²) in [6, 6.07) is 107. The lowest BCUT2D eigenvalue weighted by atomic mass is 9.95. The molecule has 0 saturated carbocycles. The molecule has 0 spiro atoms. The third-order valence-corrected chi connectivity index (χ3v) is 16.9.